The standard InChI is InChI=1S/C16H14N4O4/c1-19-12-9-17-7-6-11(12)15(23)20(16(19)24)13-4-2-10(8-18-13)3-5-14(21)22/h2,4,6-9H,3,5H2,1H3,(H,21,22). The molecule has 0 radical (unpaired) electrons. The van der Waals surface area contributed by atoms with E-state index < -0.39 is 17.2 Å². The summed E-state index contributed by atoms with van der Waals surface area (Å²) in [5.74, 6) is -0.703. The lowest BCUT2D eigenvalue weighted by molar-refractivity contribution is -0.136. The lowest BCUT2D eigenvalue weighted by atomic mass is 10.1. The molecule has 8 nitrogen and oxygen atoms in total. The summed E-state index contributed by atoms with van der Waals surface area (Å²) in [7, 11) is 1.56. The Balaban J connectivity index is 2.11. The molecule has 3 rings (SSSR count). The van der Waals surface area contributed by atoms with E-state index in [2.05, 4.69) is 9.97 Å². The molecule has 0 saturated heterocycles. The molecule has 24 heavy (non-hydrogen) atoms. The van der Waals surface area contributed by atoms with E-state index in [1.807, 2.05) is 0 Å². The van der Waals surface area contributed by atoms with E-state index in [0.717, 1.165) is 10.1 Å². The predicted molar refractivity (Wildman–Crippen MR) is 86.3 cm³/mol. The van der Waals surface area contributed by atoms with Crippen molar-refractivity contribution in [3.8, 4) is 5.82 Å². The maximum Gasteiger partial charge on any atom is 0.337 e. The number of carbonyl (C=O) groups is 1. The largest absolute Gasteiger partial charge is 0.481 e. The molecule has 0 aromatic carbocycles. The molecule has 0 aliphatic heterocycles. The minimum absolute atomic E-state index is 0.00822. The quantitative estimate of drug-likeness (QED) is 0.748. The number of carboxylic acid groups (broad SMARTS) is 1. The Labute approximate surface area is 135 Å². The summed E-state index contributed by atoms with van der Waals surface area (Å²) in [6, 6.07) is 4.75. The van der Waals surface area contributed by atoms with Crippen LogP contribution >= 0.6 is 0 Å². The molecule has 0 saturated carbocycles. The van der Waals surface area contributed by atoms with Crippen LogP contribution < -0.4 is 11.2 Å². The first-order valence-corrected chi connectivity index (χ1v) is 7.22. The van der Waals surface area contributed by atoms with Crippen LogP contribution in [0.25, 0.3) is 16.7 Å². The number of fused-ring (bicyclic) bond motifs is 1. The van der Waals surface area contributed by atoms with E-state index in [4.69, 9.17) is 5.11 Å². The average molecular weight is 326 g/mol. The number of nitrogens with zero attached hydrogens (tertiary/aromatic N) is 4. The summed E-state index contributed by atoms with van der Waals surface area (Å²) >= 11 is 0. The second-order valence-corrected chi connectivity index (χ2v) is 5.29. The number of aromatic nitrogens is 4. The molecule has 1 N–H and O–H groups in total. The van der Waals surface area contributed by atoms with Crippen molar-refractivity contribution < 1.29 is 9.90 Å². The second kappa shape index (κ2) is 6.07. The topological polar surface area (TPSA) is 107 Å². The van der Waals surface area contributed by atoms with Gasteiger partial charge in [0.1, 0.15) is 5.82 Å². The lowest BCUT2D eigenvalue weighted by Crippen LogP contribution is -2.38. The van der Waals surface area contributed by atoms with Gasteiger partial charge < -0.3 is 5.11 Å². The number of hydrogen-bond donors (Lipinski definition) is 1. The molecule has 0 amide bonds. The fourth-order valence-corrected chi connectivity index (χ4v) is 2.44. The summed E-state index contributed by atoms with van der Waals surface area (Å²) in [6.07, 6.45) is 4.75. The average Bonchev–Trinajstić information content (AvgIpc) is 2.59. The monoisotopic (exact) mass is 326 g/mol. The van der Waals surface area contributed by atoms with E-state index in [-0.39, 0.29) is 12.2 Å². The van der Waals surface area contributed by atoms with Crippen molar-refractivity contribution in [1.29, 1.82) is 0 Å². The van der Waals surface area contributed by atoms with Crippen LogP contribution in [0, 0.1) is 0 Å². The van der Waals surface area contributed by atoms with Crippen molar-refractivity contribution in [3.63, 3.8) is 0 Å². The highest BCUT2D eigenvalue weighted by Crippen LogP contribution is 2.08. The molecular weight excluding hydrogens is 312 g/mol. The second-order valence-electron chi connectivity index (χ2n) is 5.29. The molecule has 0 atom stereocenters. The first kappa shape index (κ1) is 15.6. The highest BCUT2D eigenvalue weighted by molar-refractivity contribution is 5.76. The van der Waals surface area contributed by atoms with E-state index in [1.165, 1.54) is 29.2 Å². The van der Waals surface area contributed by atoms with Gasteiger partial charge in [-0.1, -0.05) is 6.07 Å². The predicted octanol–water partition coefficient (Wildman–Crippen LogP) is 0.497. The van der Waals surface area contributed by atoms with Crippen molar-refractivity contribution >= 4 is 16.9 Å². The van der Waals surface area contributed by atoms with Gasteiger partial charge in [0, 0.05) is 25.9 Å². The van der Waals surface area contributed by atoms with Crippen LogP contribution in [-0.2, 0) is 18.3 Å². The van der Waals surface area contributed by atoms with Gasteiger partial charge in [-0.15, -0.1) is 0 Å². The number of carboxylic acids is 1. The third kappa shape index (κ3) is 2.69. The van der Waals surface area contributed by atoms with Crippen LogP contribution in [0.3, 0.4) is 0 Å². The lowest BCUT2D eigenvalue weighted by Gasteiger charge is -2.10. The van der Waals surface area contributed by atoms with Gasteiger partial charge >= 0.3 is 11.7 Å². The SMILES string of the molecule is Cn1c(=O)n(-c2ccc(CCC(=O)O)cn2)c(=O)c2ccncc21. The Bertz CT molecular complexity index is 1030. The first-order valence-electron chi connectivity index (χ1n) is 7.22. The van der Waals surface area contributed by atoms with Crippen molar-refractivity contribution in [1.82, 2.24) is 19.1 Å². The van der Waals surface area contributed by atoms with Crippen LogP contribution in [0.15, 0.2) is 46.4 Å². The Kier molecular flexibility index (Phi) is 3.95. The minimum Gasteiger partial charge on any atom is -0.481 e. The molecule has 3 heterocycles. The number of aliphatic carboxylic acids is 1. The van der Waals surface area contributed by atoms with Gasteiger partial charge in [-0.2, -0.15) is 0 Å². The zero-order valence-electron chi connectivity index (χ0n) is 12.8. The Morgan fingerprint density at radius 1 is 1.21 bits per heavy atom. The van der Waals surface area contributed by atoms with Gasteiger partial charge in [-0.05, 0) is 24.1 Å². The van der Waals surface area contributed by atoms with Crippen LogP contribution in [0.4, 0.5) is 0 Å². The van der Waals surface area contributed by atoms with Gasteiger partial charge in [-0.25, -0.2) is 14.3 Å². The highest BCUT2D eigenvalue weighted by Gasteiger charge is 2.13. The van der Waals surface area contributed by atoms with Crippen molar-refractivity contribution in [2.45, 2.75) is 12.8 Å². The van der Waals surface area contributed by atoms with Crippen LogP contribution in [0.2, 0.25) is 0 Å². The molecule has 3 aromatic heterocycles. The van der Waals surface area contributed by atoms with Crippen molar-refractivity contribution in [2.75, 3.05) is 0 Å². The van der Waals surface area contributed by atoms with Gasteiger partial charge in [-0.3, -0.25) is 19.1 Å². The van der Waals surface area contributed by atoms with Crippen molar-refractivity contribution in [3.05, 3.63) is 63.2 Å². The van der Waals surface area contributed by atoms with E-state index >= 15 is 0 Å². The minimum atomic E-state index is -0.896. The fourth-order valence-electron chi connectivity index (χ4n) is 2.44. The molecule has 0 unspecified atom stereocenters. The van der Waals surface area contributed by atoms with Gasteiger partial charge in [0.2, 0.25) is 0 Å². The number of aryl methyl sites for hydroxylation is 2. The first-order chi connectivity index (χ1) is 11.5. The summed E-state index contributed by atoms with van der Waals surface area (Å²) in [5, 5.41) is 9.06. The Morgan fingerprint density at radius 2 is 2.00 bits per heavy atom. The molecule has 122 valence electrons. The summed E-state index contributed by atoms with van der Waals surface area (Å²) < 4.78 is 2.33. The summed E-state index contributed by atoms with van der Waals surface area (Å²) in [4.78, 5) is 43.8. The smallest absolute Gasteiger partial charge is 0.337 e. The molecule has 8 heteroatoms. The highest BCUT2D eigenvalue weighted by atomic mass is 16.4. The normalized spacial score (nSPS) is 10.9. The van der Waals surface area contributed by atoms with Crippen LogP contribution in [0.5, 0.6) is 0 Å². The molecule has 0 aliphatic rings. The van der Waals surface area contributed by atoms with Crippen LogP contribution in [-0.4, -0.2) is 30.2 Å². The number of hydrogen-bond acceptors (Lipinski definition) is 5. The Morgan fingerprint density at radius 3 is 2.67 bits per heavy atom. The zero-order valence-corrected chi connectivity index (χ0v) is 12.8. The van der Waals surface area contributed by atoms with E-state index in [0.29, 0.717) is 17.3 Å². The van der Waals surface area contributed by atoms with Crippen LogP contribution in [0.1, 0.15) is 12.0 Å². The maximum atomic E-state index is 12.6. The van der Waals surface area contributed by atoms with E-state index in [1.54, 1.807) is 19.2 Å². The molecule has 0 bridgehead atoms. The number of pyridine rings is 2. The third-order valence-corrected chi connectivity index (χ3v) is 3.74. The molecular formula is C16H14N4O4. The maximum absolute atomic E-state index is 12.6. The van der Waals surface area contributed by atoms with E-state index in [9.17, 15) is 14.4 Å². The van der Waals surface area contributed by atoms with Crippen molar-refractivity contribution in [2.24, 2.45) is 7.05 Å². The van der Waals surface area contributed by atoms with Gasteiger partial charge in [0.25, 0.3) is 5.56 Å². The van der Waals surface area contributed by atoms with Gasteiger partial charge in [0.05, 0.1) is 17.1 Å². The Hall–Kier alpha value is -3.29. The molecule has 3 aromatic rings. The summed E-state index contributed by atoms with van der Waals surface area (Å²) in [5.41, 5.74) is 0.172. The molecule has 0 spiro atoms. The third-order valence-electron chi connectivity index (χ3n) is 3.74. The molecule has 0 fully saturated rings. The number of rotatable bonds is 4. The summed E-state index contributed by atoms with van der Waals surface area (Å²) in [6.45, 7) is 0. The molecule has 0 aliphatic carbocycles. The fraction of sp³-hybridized carbons (Fsp3) is 0.188. The zero-order chi connectivity index (χ0) is 17.3. The van der Waals surface area contributed by atoms with Gasteiger partial charge in [0.15, 0.2) is 0 Å².